The average Bonchev–Trinajstić information content (AvgIpc) is 2.46. The summed E-state index contributed by atoms with van der Waals surface area (Å²) in [5.41, 5.74) is 1.07. The van der Waals surface area contributed by atoms with Gasteiger partial charge in [0.1, 0.15) is 0 Å². The maximum absolute atomic E-state index is 12.0. The van der Waals surface area contributed by atoms with E-state index in [-0.39, 0.29) is 12.1 Å². The molecule has 0 aliphatic heterocycles. The summed E-state index contributed by atoms with van der Waals surface area (Å²) in [6.07, 6.45) is 3.28. The van der Waals surface area contributed by atoms with Gasteiger partial charge in [-0.05, 0) is 20.8 Å². The lowest BCUT2D eigenvalue weighted by atomic mass is 10.3. The van der Waals surface area contributed by atoms with Crippen LogP contribution in [0.3, 0.4) is 0 Å². The molecule has 6 nitrogen and oxygen atoms in total. The first-order chi connectivity index (χ1) is 9.53. The molecule has 0 radical (unpaired) electrons. The zero-order chi connectivity index (χ0) is 15.1. The van der Waals surface area contributed by atoms with Crippen LogP contribution in [-0.2, 0) is 16.1 Å². The molecule has 0 N–H and O–H groups in total. The molecular formula is C14H21N3O3. The molecule has 1 rings (SSSR count). The number of anilines is 1. The third-order valence-corrected chi connectivity index (χ3v) is 3.06. The van der Waals surface area contributed by atoms with E-state index < -0.39 is 5.97 Å². The third-order valence-electron chi connectivity index (χ3n) is 3.06. The van der Waals surface area contributed by atoms with Crippen LogP contribution in [0.1, 0.15) is 20.8 Å². The molecule has 0 aromatic carbocycles. The highest BCUT2D eigenvalue weighted by Crippen LogP contribution is 2.08. The Labute approximate surface area is 118 Å². The summed E-state index contributed by atoms with van der Waals surface area (Å²) >= 11 is 0. The van der Waals surface area contributed by atoms with Crippen LogP contribution in [0.2, 0.25) is 0 Å². The molecule has 0 amide bonds. The molecule has 0 aliphatic rings. The van der Waals surface area contributed by atoms with Gasteiger partial charge in [-0.2, -0.15) is 5.10 Å². The first kappa shape index (κ1) is 15.9. The van der Waals surface area contributed by atoms with E-state index in [4.69, 9.17) is 0 Å². The van der Waals surface area contributed by atoms with Crippen molar-refractivity contribution in [1.29, 1.82) is 0 Å². The van der Waals surface area contributed by atoms with Gasteiger partial charge in [0.2, 0.25) is 0 Å². The van der Waals surface area contributed by atoms with Crippen LogP contribution >= 0.6 is 0 Å². The van der Waals surface area contributed by atoms with E-state index in [1.54, 1.807) is 25.3 Å². The zero-order valence-corrected chi connectivity index (χ0v) is 12.4. The van der Waals surface area contributed by atoms with Crippen molar-refractivity contribution in [2.75, 3.05) is 25.1 Å². The second-order valence-electron chi connectivity index (χ2n) is 4.29. The number of nitrogens with zero attached hydrogens (tertiary/aromatic N) is 3. The fourth-order valence-electron chi connectivity index (χ4n) is 1.79. The minimum Gasteiger partial charge on any atom is -0.466 e. The number of aromatic nitrogens is 2. The Hall–Kier alpha value is -2.11. The molecule has 110 valence electrons. The number of hydrogen-bond donors (Lipinski definition) is 0. The topological polar surface area (TPSA) is 64.4 Å². The quantitative estimate of drug-likeness (QED) is 0.578. The van der Waals surface area contributed by atoms with E-state index in [9.17, 15) is 9.59 Å². The first-order valence-corrected chi connectivity index (χ1v) is 6.60. The van der Waals surface area contributed by atoms with Crippen molar-refractivity contribution in [2.24, 2.45) is 0 Å². The van der Waals surface area contributed by atoms with Gasteiger partial charge >= 0.3 is 5.97 Å². The van der Waals surface area contributed by atoms with E-state index in [0.29, 0.717) is 5.57 Å². The summed E-state index contributed by atoms with van der Waals surface area (Å²) in [6.45, 7) is 7.58. The SMILES string of the molecule is CCN(CC)c1cnn(C/C=C(/C)C(=O)OC)c(=O)c1. The number of hydrogen-bond acceptors (Lipinski definition) is 5. The second-order valence-corrected chi connectivity index (χ2v) is 4.29. The first-order valence-electron chi connectivity index (χ1n) is 6.60. The molecule has 20 heavy (non-hydrogen) atoms. The highest BCUT2D eigenvalue weighted by molar-refractivity contribution is 5.87. The minimum absolute atomic E-state index is 0.191. The van der Waals surface area contributed by atoms with Crippen molar-refractivity contribution in [2.45, 2.75) is 27.3 Å². The summed E-state index contributed by atoms with van der Waals surface area (Å²) in [4.78, 5) is 25.2. The summed E-state index contributed by atoms with van der Waals surface area (Å²) in [6, 6.07) is 1.56. The number of carbonyl (C=O) groups excluding carboxylic acids is 1. The molecule has 0 saturated carbocycles. The molecule has 1 aromatic heterocycles. The average molecular weight is 279 g/mol. The van der Waals surface area contributed by atoms with Crippen molar-refractivity contribution in [3.63, 3.8) is 0 Å². The molecule has 1 heterocycles. The smallest absolute Gasteiger partial charge is 0.333 e. The summed E-state index contributed by atoms with van der Waals surface area (Å²) in [5.74, 6) is -0.405. The fourth-order valence-corrected chi connectivity index (χ4v) is 1.79. The van der Waals surface area contributed by atoms with Crippen LogP contribution in [0.15, 0.2) is 28.7 Å². The normalized spacial score (nSPS) is 11.3. The van der Waals surface area contributed by atoms with E-state index >= 15 is 0 Å². The third kappa shape index (κ3) is 3.94. The van der Waals surface area contributed by atoms with Crippen LogP contribution in [0, 0.1) is 0 Å². The van der Waals surface area contributed by atoms with Crippen molar-refractivity contribution in [3.05, 3.63) is 34.3 Å². The van der Waals surface area contributed by atoms with E-state index in [1.807, 2.05) is 18.7 Å². The van der Waals surface area contributed by atoms with Gasteiger partial charge in [0, 0.05) is 24.7 Å². The van der Waals surface area contributed by atoms with Gasteiger partial charge in [-0.15, -0.1) is 0 Å². The lowest BCUT2D eigenvalue weighted by Gasteiger charge is -2.20. The highest BCUT2D eigenvalue weighted by atomic mass is 16.5. The van der Waals surface area contributed by atoms with Crippen LogP contribution in [0.5, 0.6) is 0 Å². The Morgan fingerprint density at radius 2 is 2.10 bits per heavy atom. The van der Waals surface area contributed by atoms with Gasteiger partial charge < -0.3 is 9.64 Å². The van der Waals surface area contributed by atoms with Gasteiger partial charge in [-0.25, -0.2) is 9.48 Å². The zero-order valence-electron chi connectivity index (χ0n) is 12.4. The molecule has 0 saturated heterocycles. The van der Waals surface area contributed by atoms with Crippen molar-refractivity contribution in [3.8, 4) is 0 Å². The number of esters is 1. The molecule has 0 aliphatic carbocycles. The molecule has 0 fully saturated rings. The number of carbonyl (C=O) groups is 1. The maximum atomic E-state index is 12.0. The molecule has 0 spiro atoms. The van der Waals surface area contributed by atoms with Crippen molar-refractivity contribution < 1.29 is 9.53 Å². The Morgan fingerprint density at radius 1 is 1.45 bits per heavy atom. The monoisotopic (exact) mass is 279 g/mol. The molecular weight excluding hydrogens is 258 g/mol. The van der Waals surface area contributed by atoms with Crippen LogP contribution in [0.25, 0.3) is 0 Å². The lowest BCUT2D eigenvalue weighted by Crippen LogP contribution is -2.27. The number of allylic oxidation sites excluding steroid dienone is 1. The van der Waals surface area contributed by atoms with E-state index in [2.05, 4.69) is 9.84 Å². The van der Waals surface area contributed by atoms with Crippen LogP contribution < -0.4 is 10.5 Å². The molecule has 1 aromatic rings. The van der Waals surface area contributed by atoms with Crippen LogP contribution in [0.4, 0.5) is 5.69 Å². The Morgan fingerprint density at radius 3 is 2.60 bits per heavy atom. The lowest BCUT2D eigenvalue weighted by molar-refractivity contribution is -0.136. The maximum Gasteiger partial charge on any atom is 0.333 e. The largest absolute Gasteiger partial charge is 0.466 e. The standard InChI is InChI=1S/C14H21N3O3/c1-5-16(6-2)12-9-13(18)17(15-10-12)8-7-11(3)14(19)20-4/h7,9-10H,5-6,8H2,1-4H3/b11-7-. The van der Waals surface area contributed by atoms with Gasteiger partial charge in [0.25, 0.3) is 5.56 Å². The van der Waals surface area contributed by atoms with Crippen molar-refractivity contribution >= 4 is 11.7 Å². The second kappa shape index (κ2) is 7.47. The summed E-state index contributed by atoms with van der Waals surface area (Å²) < 4.78 is 5.89. The molecule has 0 unspecified atom stereocenters. The number of ether oxygens (including phenoxy) is 1. The molecule has 0 bridgehead atoms. The van der Waals surface area contributed by atoms with Crippen molar-refractivity contribution in [1.82, 2.24) is 9.78 Å². The highest BCUT2D eigenvalue weighted by Gasteiger charge is 2.06. The number of methoxy groups -OCH3 is 1. The van der Waals surface area contributed by atoms with Crippen LogP contribution in [-0.4, -0.2) is 35.9 Å². The fraction of sp³-hybridized carbons (Fsp3) is 0.500. The van der Waals surface area contributed by atoms with Gasteiger partial charge in [-0.1, -0.05) is 6.08 Å². The predicted octanol–water partition coefficient (Wildman–Crippen LogP) is 1.21. The molecule has 0 atom stereocenters. The Bertz CT molecular complexity index is 545. The van der Waals surface area contributed by atoms with Gasteiger partial charge in [0.05, 0.1) is 25.5 Å². The van der Waals surface area contributed by atoms with Gasteiger partial charge in [-0.3, -0.25) is 4.79 Å². The van der Waals surface area contributed by atoms with E-state index in [1.165, 1.54) is 11.8 Å². The van der Waals surface area contributed by atoms with Gasteiger partial charge in [0.15, 0.2) is 0 Å². The predicted molar refractivity (Wildman–Crippen MR) is 77.8 cm³/mol. The number of rotatable bonds is 6. The minimum atomic E-state index is -0.405. The van der Waals surface area contributed by atoms with E-state index in [0.717, 1.165) is 18.8 Å². The molecule has 6 heteroatoms. The Balaban J connectivity index is 2.89. The summed E-state index contributed by atoms with van der Waals surface area (Å²) in [7, 11) is 1.32. The Kier molecular flexibility index (Phi) is 5.96. The summed E-state index contributed by atoms with van der Waals surface area (Å²) in [5, 5.41) is 4.12.